The van der Waals surface area contributed by atoms with Gasteiger partial charge in [-0.1, -0.05) is 33.4 Å². The molecule has 1 unspecified atom stereocenters. The molecule has 0 aromatic heterocycles. The first-order valence-corrected chi connectivity index (χ1v) is 24.3. The Morgan fingerprint density at radius 3 is 2.05 bits per heavy atom. The number of unbranched alkanes of at least 4 members (excludes halogenated alkanes) is 2. The number of amides is 3. The fourth-order valence-corrected chi connectivity index (χ4v) is 10.4. The lowest BCUT2D eigenvalue weighted by molar-refractivity contribution is 0.0528. The van der Waals surface area contributed by atoms with Gasteiger partial charge in [-0.3, -0.25) is 9.59 Å². The van der Waals surface area contributed by atoms with E-state index in [1.165, 1.54) is 18.9 Å². The Kier molecular flexibility index (Phi) is 10.9. The number of benzene rings is 2. The number of nitrogens with zero attached hydrogens (tertiary/aromatic N) is 3. The van der Waals surface area contributed by atoms with Crippen LogP contribution in [0.1, 0.15) is 99.3 Å². The van der Waals surface area contributed by atoms with Gasteiger partial charge in [0, 0.05) is 37.8 Å². The normalized spacial score (nSPS) is 23.4. The largest absolute Gasteiger partial charge is 0.493 e. The molecule has 2 saturated carbocycles. The Bertz CT molecular complexity index is 1990. The molecular weight excluding hydrogens is 769 g/mol. The highest BCUT2D eigenvalue weighted by Crippen LogP contribution is 2.58. The van der Waals surface area contributed by atoms with Gasteiger partial charge in [0.15, 0.2) is 37.5 Å². The third-order valence-corrected chi connectivity index (χ3v) is 18.5. The third kappa shape index (κ3) is 7.87. The van der Waals surface area contributed by atoms with Crippen molar-refractivity contribution in [1.82, 2.24) is 9.80 Å². The summed E-state index contributed by atoms with van der Waals surface area (Å²) in [6.07, 6.45) is 8.85. The Balaban J connectivity index is 0.953. The molecule has 0 bridgehead atoms. The van der Waals surface area contributed by atoms with Crippen molar-refractivity contribution < 1.29 is 42.5 Å². The smallest absolute Gasteiger partial charge is 0.416 e. The molecule has 2 aliphatic carbocycles. The summed E-state index contributed by atoms with van der Waals surface area (Å²) in [7, 11) is 0.679. The lowest BCUT2D eigenvalue weighted by Gasteiger charge is -2.44. The van der Waals surface area contributed by atoms with Crippen LogP contribution < -0.4 is 29.2 Å². The van der Waals surface area contributed by atoms with E-state index in [1.807, 2.05) is 17.0 Å². The summed E-state index contributed by atoms with van der Waals surface area (Å²) < 4.78 is 36.9. The Labute approximate surface area is 349 Å². The number of anilines is 2. The summed E-state index contributed by atoms with van der Waals surface area (Å²) >= 11 is 0. The fourth-order valence-electron chi connectivity index (χ4n) is 9.19. The van der Waals surface area contributed by atoms with Gasteiger partial charge in [0.25, 0.3) is 11.8 Å². The van der Waals surface area contributed by atoms with E-state index in [0.29, 0.717) is 65.0 Å². The van der Waals surface area contributed by atoms with Crippen LogP contribution in [0.2, 0.25) is 18.1 Å². The molecule has 8 rings (SSSR count). The highest BCUT2D eigenvalue weighted by Gasteiger charge is 2.60. The van der Waals surface area contributed by atoms with Crippen LogP contribution in [0.4, 0.5) is 16.2 Å². The van der Waals surface area contributed by atoms with Gasteiger partial charge < -0.3 is 43.2 Å². The predicted molar refractivity (Wildman–Crippen MR) is 228 cm³/mol. The molecule has 2 aromatic carbocycles. The first-order chi connectivity index (χ1) is 28.1. The van der Waals surface area contributed by atoms with Gasteiger partial charge in [-0.15, -0.1) is 0 Å². The van der Waals surface area contributed by atoms with E-state index < -0.39 is 20.6 Å². The van der Waals surface area contributed by atoms with Crippen LogP contribution >= 0.6 is 0 Å². The molecular formula is C45H62N4O9Si. The molecule has 3 atom stereocenters. The molecule has 1 N–H and O–H groups in total. The van der Waals surface area contributed by atoms with Crippen molar-refractivity contribution >= 4 is 37.6 Å². The summed E-state index contributed by atoms with van der Waals surface area (Å²) in [5, 5.41) is 3.37. The second-order valence-corrected chi connectivity index (χ2v) is 24.0. The maximum absolute atomic E-state index is 14.5. The van der Waals surface area contributed by atoms with E-state index in [-0.39, 0.29) is 41.0 Å². The number of methoxy groups -OCH3 is 2. The quantitative estimate of drug-likeness (QED) is 0.113. The molecule has 14 heteroatoms. The molecule has 3 amide bonds. The number of carbonyl (C=O) groups excluding carboxylic acids is 3. The van der Waals surface area contributed by atoms with Crippen LogP contribution in [0.3, 0.4) is 0 Å². The Morgan fingerprint density at radius 1 is 0.847 bits per heavy atom. The van der Waals surface area contributed by atoms with E-state index in [0.717, 1.165) is 63.7 Å². The zero-order chi connectivity index (χ0) is 41.9. The zero-order valence-corrected chi connectivity index (χ0v) is 36.9. The average molecular weight is 831 g/mol. The van der Waals surface area contributed by atoms with E-state index in [1.54, 1.807) is 31.3 Å². The maximum atomic E-state index is 14.5. The summed E-state index contributed by atoms with van der Waals surface area (Å²) in [5.41, 5.74) is 2.55. The minimum absolute atomic E-state index is 0.0163. The highest BCUT2D eigenvalue weighted by molar-refractivity contribution is 6.74. The van der Waals surface area contributed by atoms with Crippen molar-refractivity contribution in [3.63, 3.8) is 0 Å². The zero-order valence-electron chi connectivity index (χ0n) is 35.9. The topological polar surface area (TPSA) is 128 Å². The second-order valence-electron chi connectivity index (χ2n) is 19.2. The van der Waals surface area contributed by atoms with E-state index in [4.69, 9.17) is 28.1 Å². The van der Waals surface area contributed by atoms with E-state index >= 15 is 0 Å². The molecule has 320 valence electrons. The fraction of sp³-hybridized carbons (Fsp3) is 0.622. The van der Waals surface area contributed by atoms with E-state index in [2.05, 4.69) is 50.7 Å². The number of carbonyl (C=O) groups is 3. The Hall–Kier alpha value is -4.43. The van der Waals surface area contributed by atoms with Gasteiger partial charge in [-0.05, 0) is 98.9 Å². The summed E-state index contributed by atoms with van der Waals surface area (Å²) in [5.74, 6) is 1.90. The minimum atomic E-state index is -2.48. The van der Waals surface area contributed by atoms with Crippen molar-refractivity contribution in [3.05, 3.63) is 48.0 Å². The van der Waals surface area contributed by atoms with Gasteiger partial charge in [-0.25, -0.2) is 9.69 Å². The number of fused-ring (bicyclic) bond motifs is 4. The van der Waals surface area contributed by atoms with Crippen LogP contribution in [-0.4, -0.2) is 108 Å². The number of rotatable bonds is 14. The third-order valence-electron chi connectivity index (χ3n) is 14.1. The molecule has 13 nitrogen and oxygen atoms in total. The summed E-state index contributed by atoms with van der Waals surface area (Å²) in [6, 6.07) is 7.02. The van der Waals surface area contributed by atoms with Crippen LogP contribution in [0.15, 0.2) is 36.9 Å². The highest BCUT2D eigenvalue weighted by atomic mass is 28.4. The molecule has 2 aromatic rings. The van der Waals surface area contributed by atoms with Crippen molar-refractivity contribution in [2.24, 2.45) is 10.8 Å². The first-order valence-electron chi connectivity index (χ1n) is 21.4. The maximum Gasteiger partial charge on any atom is 0.416 e. The molecule has 4 fully saturated rings. The van der Waals surface area contributed by atoms with Crippen LogP contribution in [0.25, 0.3) is 0 Å². The number of hydrogen-bond acceptors (Lipinski definition) is 10. The van der Waals surface area contributed by atoms with Crippen LogP contribution in [-0.2, 0) is 9.16 Å². The Morgan fingerprint density at radius 2 is 1.44 bits per heavy atom. The predicted octanol–water partition coefficient (Wildman–Crippen LogP) is 8.24. The van der Waals surface area contributed by atoms with Gasteiger partial charge in [0.1, 0.15) is 6.61 Å². The lowest BCUT2D eigenvalue weighted by Crippen LogP contribution is -2.58. The molecule has 2 spiro atoms. The van der Waals surface area contributed by atoms with Crippen molar-refractivity contribution in [2.75, 3.05) is 63.9 Å². The van der Waals surface area contributed by atoms with Crippen molar-refractivity contribution in [2.45, 2.75) is 115 Å². The van der Waals surface area contributed by atoms with Crippen molar-refractivity contribution in [1.29, 1.82) is 0 Å². The monoisotopic (exact) mass is 830 g/mol. The standard InChI is InChI=1S/C45H62N4O9Si/c1-9-17-57-42(52)49-33-23-38(36(54-6)21-31(33)40(51)48-28-45(15-16-45)25-34(48)41(49)58-59(7,8)43(2,3)4)56-19-12-10-11-18-55-37-22-32-30(20-35(37)53-5)39(50)47-27-44(13-14-44)24-29(47)26-46-32/h9,20-23,29,34,41,46H,1,10-19,24-28H2,2-8H3/t29-,34-,41?/m0/s1. The van der Waals surface area contributed by atoms with Crippen LogP contribution in [0.5, 0.6) is 23.0 Å². The van der Waals surface area contributed by atoms with Crippen LogP contribution in [0, 0.1) is 10.8 Å². The number of hydrogen-bond donors (Lipinski definition) is 1. The van der Waals surface area contributed by atoms with Gasteiger partial charge in [0.2, 0.25) is 0 Å². The summed E-state index contributed by atoms with van der Waals surface area (Å²) in [4.78, 5) is 47.8. The molecule has 2 saturated heterocycles. The number of ether oxygens (including phenoxy) is 5. The molecule has 6 aliphatic rings. The van der Waals surface area contributed by atoms with Crippen molar-refractivity contribution in [3.8, 4) is 23.0 Å². The van der Waals surface area contributed by atoms with Gasteiger partial charge in [-0.2, -0.15) is 0 Å². The average Bonchev–Trinajstić information content (AvgIpc) is 4.08. The summed E-state index contributed by atoms with van der Waals surface area (Å²) in [6.45, 7) is 17.7. The molecule has 59 heavy (non-hydrogen) atoms. The van der Waals surface area contributed by atoms with Gasteiger partial charge in [0.05, 0.1) is 56.0 Å². The first kappa shape index (κ1) is 41.3. The number of nitrogens with one attached hydrogen (secondary N) is 1. The second kappa shape index (κ2) is 15.5. The SMILES string of the molecule is C=CCOC(=O)N1c2cc(OCCCCCOc3cc4c(cc3OC)C(=O)N3CC5(CC5)C[C@H]3CN4)c(OC)cc2C(=O)N2CC3(CC3)C[C@H]2C1O[Si](C)(C)C(C)(C)C. The van der Waals surface area contributed by atoms with Gasteiger partial charge >= 0.3 is 6.09 Å². The molecule has 0 radical (unpaired) electrons. The molecule has 4 aliphatic heterocycles. The molecule has 4 heterocycles. The van der Waals surface area contributed by atoms with E-state index in [9.17, 15) is 14.4 Å². The lowest BCUT2D eigenvalue weighted by atomic mass is 10.0. The minimum Gasteiger partial charge on any atom is -0.493 e.